The summed E-state index contributed by atoms with van der Waals surface area (Å²) in [6.45, 7) is 12.8. The first kappa shape index (κ1) is 22.0. The van der Waals surface area contributed by atoms with E-state index >= 15 is 0 Å². The summed E-state index contributed by atoms with van der Waals surface area (Å²) in [7, 11) is 0. The Kier molecular flexibility index (Phi) is 5.08. The summed E-state index contributed by atoms with van der Waals surface area (Å²) < 4.78 is 12.0. The van der Waals surface area contributed by atoms with Gasteiger partial charge in [-0.2, -0.15) is 0 Å². The van der Waals surface area contributed by atoms with Gasteiger partial charge in [-0.1, -0.05) is 27.2 Å². The van der Waals surface area contributed by atoms with E-state index in [1.807, 2.05) is 6.92 Å². The summed E-state index contributed by atoms with van der Waals surface area (Å²) in [6, 6.07) is 0. The van der Waals surface area contributed by atoms with Crippen molar-refractivity contribution in [1.29, 1.82) is 0 Å². The minimum absolute atomic E-state index is 0.0270. The number of allylic oxidation sites excluding steroid dienone is 1. The molecule has 0 bridgehead atoms. The van der Waals surface area contributed by atoms with Crippen LogP contribution in [0.15, 0.2) is 23.5 Å². The molecule has 0 aromatic rings. The Balaban J connectivity index is 1.61. The Morgan fingerprint density at radius 1 is 1.17 bits per heavy atom. The number of cyclic esters (lactones) is 1. The van der Waals surface area contributed by atoms with Crippen LogP contribution in [0.2, 0.25) is 0 Å². The van der Waals surface area contributed by atoms with E-state index in [2.05, 4.69) is 27.7 Å². The van der Waals surface area contributed by atoms with Gasteiger partial charge in [0.2, 0.25) is 0 Å². The zero-order valence-corrected chi connectivity index (χ0v) is 19.3. The quantitative estimate of drug-likeness (QED) is 0.655. The van der Waals surface area contributed by atoms with E-state index in [1.165, 1.54) is 12.5 Å². The average molecular weight is 419 g/mol. The number of fused-ring (bicyclic) bond motifs is 3. The third-order valence-corrected chi connectivity index (χ3v) is 8.89. The molecule has 5 nitrogen and oxygen atoms in total. The zero-order chi connectivity index (χ0) is 22.1. The van der Waals surface area contributed by atoms with E-state index in [9.17, 15) is 15.0 Å². The molecule has 2 heterocycles. The highest BCUT2D eigenvalue weighted by Gasteiger charge is 2.65. The molecule has 2 aliphatic heterocycles. The van der Waals surface area contributed by atoms with Crippen LogP contribution in [0.4, 0.5) is 0 Å². The number of ether oxygens (including phenoxy) is 2. The zero-order valence-electron chi connectivity index (χ0n) is 19.3. The monoisotopic (exact) mass is 418 g/mol. The van der Waals surface area contributed by atoms with Crippen molar-refractivity contribution in [3.05, 3.63) is 23.5 Å². The van der Waals surface area contributed by atoms with Crippen molar-refractivity contribution >= 4 is 5.97 Å². The Morgan fingerprint density at radius 2 is 1.87 bits per heavy atom. The molecule has 3 fully saturated rings. The molecule has 0 unspecified atom stereocenters. The van der Waals surface area contributed by atoms with Crippen LogP contribution in [0.1, 0.15) is 80.1 Å². The lowest BCUT2D eigenvalue weighted by Crippen LogP contribution is -2.67. The molecular weight excluding hydrogens is 380 g/mol. The molecule has 168 valence electrons. The Hall–Kier alpha value is -1.17. The summed E-state index contributed by atoms with van der Waals surface area (Å²) in [6.07, 6.45) is 7.46. The molecule has 1 saturated heterocycles. The first-order chi connectivity index (χ1) is 13.8. The molecule has 30 heavy (non-hydrogen) atoms. The summed E-state index contributed by atoms with van der Waals surface area (Å²) in [4.78, 5) is 11.5. The van der Waals surface area contributed by atoms with Gasteiger partial charge in [0.05, 0.1) is 17.3 Å². The van der Waals surface area contributed by atoms with E-state index in [-0.39, 0.29) is 16.7 Å². The van der Waals surface area contributed by atoms with Gasteiger partial charge in [0.1, 0.15) is 11.9 Å². The van der Waals surface area contributed by atoms with Crippen LogP contribution in [0.3, 0.4) is 0 Å². The van der Waals surface area contributed by atoms with E-state index in [4.69, 9.17) is 9.47 Å². The second-order valence-corrected chi connectivity index (χ2v) is 11.6. The van der Waals surface area contributed by atoms with E-state index in [1.54, 1.807) is 13.0 Å². The lowest BCUT2D eigenvalue weighted by molar-refractivity contribution is -0.299. The van der Waals surface area contributed by atoms with Gasteiger partial charge in [0.15, 0.2) is 0 Å². The molecule has 2 saturated carbocycles. The van der Waals surface area contributed by atoms with Gasteiger partial charge in [-0.05, 0) is 80.8 Å². The predicted octanol–water partition coefficient (Wildman–Crippen LogP) is 4.28. The minimum Gasteiger partial charge on any atom is -0.423 e. The first-order valence-electron chi connectivity index (χ1n) is 11.5. The fourth-order valence-electron chi connectivity index (χ4n) is 7.77. The molecular formula is C25H38O5. The van der Waals surface area contributed by atoms with Crippen molar-refractivity contribution in [2.24, 2.45) is 22.7 Å². The third kappa shape index (κ3) is 3.28. The maximum atomic E-state index is 11.5. The second kappa shape index (κ2) is 6.91. The fourth-order valence-corrected chi connectivity index (χ4v) is 7.77. The van der Waals surface area contributed by atoms with Crippen LogP contribution in [-0.4, -0.2) is 39.6 Å². The van der Waals surface area contributed by atoms with E-state index in [0.29, 0.717) is 18.1 Å². The van der Waals surface area contributed by atoms with E-state index < -0.39 is 29.4 Å². The summed E-state index contributed by atoms with van der Waals surface area (Å²) in [5, 5.41) is 22.4. The van der Waals surface area contributed by atoms with Crippen LogP contribution in [0, 0.1) is 22.7 Å². The topological polar surface area (TPSA) is 76.0 Å². The fraction of sp³-hybridized carbons (Fsp3) is 0.800. The Morgan fingerprint density at radius 3 is 2.50 bits per heavy atom. The molecule has 0 spiro atoms. The van der Waals surface area contributed by atoms with Gasteiger partial charge in [-0.25, -0.2) is 4.79 Å². The molecule has 5 heteroatoms. The van der Waals surface area contributed by atoms with Gasteiger partial charge in [-0.15, -0.1) is 0 Å². The van der Waals surface area contributed by atoms with Crippen molar-refractivity contribution in [2.45, 2.75) is 103 Å². The van der Waals surface area contributed by atoms with Crippen LogP contribution >= 0.6 is 0 Å². The second-order valence-electron chi connectivity index (χ2n) is 11.6. The third-order valence-electron chi connectivity index (χ3n) is 8.89. The van der Waals surface area contributed by atoms with Crippen LogP contribution in [0.5, 0.6) is 0 Å². The Bertz CT molecular complexity index is 797. The Labute approximate surface area is 180 Å². The highest BCUT2D eigenvalue weighted by atomic mass is 16.5. The average Bonchev–Trinajstić information content (AvgIpc) is 2.89. The van der Waals surface area contributed by atoms with Crippen molar-refractivity contribution in [1.82, 2.24) is 0 Å². The van der Waals surface area contributed by atoms with Crippen molar-refractivity contribution in [3.63, 3.8) is 0 Å². The summed E-state index contributed by atoms with van der Waals surface area (Å²) in [5.41, 5.74) is -0.425. The number of hydrogen-bond donors (Lipinski definition) is 2. The molecule has 0 radical (unpaired) electrons. The minimum atomic E-state index is -0.898. The maximum Gasteiger partial charge on any atom is 0.336 e. The van der Waals surface area contributed by atoms with Gasteiger partial charge in [0, 0.05) is 12.5 Å². The standard InChI is InChI=1S/C25H38O5/c1-15-12-20(28)29-17(15)13-19(27)24(5)11-8-18-23(4)10-7-9-22(2,3)21(23)16(26)14-25(18,6)30-24/h12-13,16,18-19,21,26-27H,7-11,14H2,1-6H3/t16-,18+,19-,21-,23+,24+,25+/m0/s1. The number of carbonyl (C=O) groups excluding carboxylic acids is 1. The number of carbonyl (C=O) groups is 1. The van der Waals surface area contributed by atoms with Gasteiger partial charge in [-0.3, -0.25) is 0 Å². The highest BCUT2D eigenvalue weighted by molar-refractivity contribution is 5.88. The summed E-state index contributed by atoms with van der Waals surface area (Å²) in [5.74, 6) is 0.621. The normalized spacial score (nSPS) is 47.9. The molecule has 7 atom stereocenters. The number of hydrogen-bond acceptors (Lipinski definition) is 5. The lowest BCUT2D eigenvalue weighted by atomic mass is 9.43. The summed E-state index contributed by atoms with van der Waals surface area (Å²) >= 11 is 0. The molecule has 0 amide bonds. The number of esters is 1. The van der Waals surface area contributed by atoms with Crippen molar-refractivity contribution in [2.75, 3.05) is 0 Å². The number of rotatable bonds is 2. The van der Waals surface area contributed by atoms with Crippen LogP contribution in [-0.2, 0) is 14.3 Å². The predicted molar refractivity (Wildman–Crippen MR) is 114 cm³/mol. The molecule has 2 N–H and O–H groups in total. The van der Waals surface area contributed by atoms with Gasteiger partial charge < -0.3 is 19.7 Å². The van der Waals surface area contributed by atoms with Crippen molar-refractivity contribution < 1.29 is 24.5 Å². The van der Waals surface area contributed by atoms with Gasteiger partial charge >= 0.3 is 5.97 Å². The maximum absolute atomic E-state index is 11.5. The molecule has 0 aromatic carbocycles. The molecule has 4 aliphatic rings. The highest BCUT2D eigenvalue weighted by Crippen LogP contribution is 2.65. The van der Waals surface area contributed by atoms with E-state index in [0.717, 1.165) is 31.3 Å². The first-order valence-corrected chi connectivity index (χ1v) is 11.5. The largest absolute Gasteiger partial charge is 0.423 e. The van der Waals surface area contributed by atoms with Crippen molar-refractivity contribution in [3.8, 4) is 0 Å². The SMILES string of the molecule is CC1=CC(=O)OC1=C[C@H](O)[C@@]1(C)CC[C@@H]2[C@@]3(C)CCCC(C)(C)[C@@H]3[C@@H](O)C[C@@]2(C)O1. The van der Waals surface area contributed by atoms with Crippen LogP contribution in [0.25, 0.3) is 0 Å². The number of aliphatic hydroxyl groups excluding tert-OH is 2. The number of aliphatic hydroxyl groups is 2. The molecule has 2 aliphatic carbocycles. The molecule has 0 aromatic heterocycles. The lowest BCUT2D eigenvalue weighted by Gasteiger charge is -2.66. The smallest absolute Gasteiger partial charge is 0.336 e. The van der Waals surface area contributed by atoms with Crippen LogP contribution < -0.4 is 0 Å². The molecule has 4 rings (SSSR count). The van der Waals surface area contributed by atoms with Gasteiger partial charge in [0.25, 0.3) is 0 Å².